The first-order valence-corrected chi connectivity index (χ1v) is 6.33. The van der Waals surface area contributed by atoms with Crippen molar-refractivity contribution in [3.05, 3.63) is 48.0 Å². The molecule has 5 heteroatoms. The molecule has 1 aromatic carbocycles. The number of nitrogens with zero attached hydrogens (tertiary/aromatic N) is 1. The van der Waals surface area contributed by atoms with Crippen LogP contribution in [-0.2, 0) is 5.75 Å². The van der Waals surface area contributed by atoms with Gasteiger partial charge >= 0.3 is 0 Å². The Bertz CT molecular complexity index is 548. The van der Waals surface area contributed by atoms with E-state index in [2.05, 4.69) is 4.98 Å². The van der Waals surface area contributed by atoms with Crippen LogP contribution >= 0.6 is 11.8 Å². The van der Waals surface area contributed by atoms with Gasteiger partial charge in [-0.2, -0.15) is 0 Å². The van der Waals surface area contributed by atoms with Crippen molar-refractivity contribution in [2.24, 2.45) is 0 Å². The standard InChI is InChI=1S/C13H13FN2OS/c1-17-12-5-11(15)2-3-13(12)18-8-9-4-10(14)7-16-6-9/h2-7H,8,15H2,1H3. The van der Waals surface area contributed by atoms with Crippen molar-refractivity contribution in [2.45, 2.75) is 10.6 Å². The third kappa shape index (κ3) is 3.13. The lowest BCUT2D eigenvalue weighted by Gasteiger charge is -2.08. The molecule has 0 radical (unpaired) electrons. The molecule has 2 rings (SSSR count). The molecule has 0 bridgehead atoms. The molecule has 0 aliphatic rings. The summed E-state index contributed by atoms with van der Waals surface area (Å²) in [4.78, 5) is 4.78. The Balaban J connectivity index is 2.10. The average molecular weight is 264 g/mol. The van der Waals surface area contributed by atoms with E-state index < -0.39 is 0 Å². The second kappa shape index (κ2) is 5.73. The van der Waals surface area contributed by atoms with Gasteiger partial charge in [0.25, 0.3) is 0 Å². The van der Waals surface area contributed by atoms with E-state index in [-0.39, 0.29) is 5.82 Å². The molecule has 1 heterocycles. The van der Waals surface area contributed by atoms with Gasteiger partial charge in [-0.3, -0.25) is 4.98 Å². The number of methoxy groups -OCH3 is 1. The van der Waals surface area contributed by atoms with E-state index in [1.807, 2.05) is 12.1 Å². The molecule has 0 aliphatic carbocycles. The molecule has 0 fully saturated rings. The van der Waals surface area contributed by atoms with Crippen LogP contribution in [0.2, 0.25) is 0 Å². The second-order valence-corrected chi connectivity index (χ2v) is 4.73. The number of ether oxygens (including phenoxy) is 1. The van der Waals surface area contributed by atoms with E-state index in [1.54, 1.807) is 31.1 Å². The summed E-state index contributed by atoms with van der Waals surface area (Å²) in [7, 11) is 1.60. The first-order valence-electron chi connectivity index (χ1n) is 5.35. The van der Waals surface area contributed by atoms with Crippen molar-refractivity contribution in [3.8, 4) is 5.75 Å². The Morgan fingerprint density at radius 1 is 1.33 bits per heavy atom. The summed E-state index contributed by atoms with van der Waals surface area (Å²) < 4.78 is 18.2. The minimum atomic E-state index is -0.322. The van der Waals surface area contributed by atoms with Crippen molar-refractivity contribution >= 4 is 17.4 Å². The third-order valence-electron chi connectivity index (χ3n) is 2.34. The normalized spacial score (nSPS) is 10.3. The second-order valence-electron chi connectivity index (χ2n) is 3.71. The Labute approximate surface area is 109 Å². The first kappa shape index (κ1) is 12.7. The van der Waals surface area contributed by atoms with Gasteiger partial charge in [0.2, 0.25) is 0 Å². The Kier molecular flexibility index (Phi) is 4.04. The maximum Gasteiger partial charge on any atom is 0.141 e. The average Bonchev–Trinajstić information content (AvgIpc) is 2.37. The van der Waals surface area contributed by atoms with Crippen molar-refractivity contribution in [3.63, 3.8) is 0 Å². The van der Waals surface area contributed by atoms with Crippen molar-refractivity contribution in [1.82, 2.24) is 4.98 Å². The SMILES string of the molecule is COc1cc(N)ccc1SCc1cncc(F)c1. The van der Waals surface area contributed by atoms with Crippen LogP contribution in [0, 0.1) is 5.82 Å². The van der Waals surface area contributed by atoms with Gasteiger partial charge in [-0.25, -0.2) is 4.39 Å². The van der Waals surface area contributed by atoms with Crippen LogP contribution in [-0.4, -0.2) is 12.1 Å². The molecule has 0 saturated heterocycles. The predicted octanol–water partition coefficient (Wildman–Crippen LogP) is 3.10. The smallest absolute Gasteiger partial charge is 0.141 e. The van der Waals surface area contributed by atoms with Crippen molar-refractivity contribution < 1.29 is 9.13 Å². The van der Waals surface area contributed by atoms with E-state index >= 15 is 0 Å². The lowest BCUT2D eigenvalue weighted by molar-refractivity contribution is 0.405. The van der Waals surface area contributed by atoms with E-state index in [4.69, 9.17) is 10.5 Å². The highest BCUT2D eigenvalue weighted by atomic mass is 32.2. The van der Waals surface area contributed by atoms with Gasteiger partial charge in [0, 0.05) is 28.6 Å². The van der Waals surface area contributed by atoms with Crippen LogP contribution in [0.25, 0.3) is 0 Å². The first-order chi connectivity index (χ1) is 8.69. The quantitative estimate of drug-likeness (QED) is 0.681. The summed E-state index contributed by atoms with van der Waals surface area (Å²) in [5.74, 6) is 1.03. The molecule has 1 aromatic heterocycles. The molecule has 0 amide bonds. The van der Waals surface area contributed by atoms with Crippen molar-refractivity contribution in [2.75, 3.05) is 12.8 Å². The van der Waals surface area contributed by atoms with E-state index in [1.165, 1.54) is 12.3 Å². The zero-order valence-corrected chi connectivity index (χ0v) is 10.7. The molecule has 0 unspecified atom stereocenters. The molecule has 0 spiro atoms. The monoisotopic (exact) mass is 264 g/mol. The molecule has 0 atom stereocenters. The van der Waals surface area contributed by atoms with Crippen LogP contribution in [0.15, 0.2) is 41.6 Å². The zero-order chi connectivity index (χ0) is 13.0. The highest BCUT2D eigenvalue weighted by Crippen LogP contribution is 2.32. The van der Waals surface area contributed by atoms with Gasteiger partial charge in [0.15, 0.2) is 0 Å². The summed E-state index contributed by atoms with van der Waals surface area (Å²) in [6.45, 7) is 0. The van der Waals surface area contributed by atoms with Crippen LogP contribution in [0.1, 0.15) is 5.56 Å². The number of hydrogen-bond donors (Lipinski definition) is 1. The maximum atomic E-state index is 13.0. The zero-order valence-electron chi connectivity index (χ0n) is 9.89. The number of halogens is 1. The molecule has 2 N–H and O–H groups in total. The van der Waals surface area contributed by atoms with E-state index in [0.29, 0.717) is 11.4 Å². The van der Waals surface area contributed by atoms with Gasteiger partial charge in [0.05, 0.1) is 13.3 Å². The predicted molar refractivity (Wildman–Crippen MR) is 71.2 cm³/mol. The van der Waals surface area contributed by atoms with Crippen LogP contribution in [0.3, 0.4) is 0 Å². The van der Waals surface area contributed by atoms with Gasteiger partial charge in [-0.05, 0) is 23.8 Å². The van der Waals surface area contributed by atoms with Crippen LogP contribution in [0.5, 0.6) is 5.75 Å². The summed E-state index contributed by atoms with van der Waals surface area (Å²) in [5, 5.41) is 0. The minimum absolute atomic E-state index is 0.322. The number of nitrogens with two attached hydrogens (primary N) is 1. The molecule has 0 saturated carbocycles. The summed E-state index contributed by atoms with van der Waals surface area (Å²) in [6, 6.07) is 6.95. The Hall–Kier alpha value is -1.75. The number of aromatic nitrogens is 1. The van der Waals surface area contributed by atoms with Gasteiger partial charge in [0.1, 0.15) is 11.6 Å². The van der Waals surface area contributed by atoms with Gasteiger partial charge in [-0.1, -0.05) is 0 Å². The highest BCUT2D eigenvalue weighted by molar-refractivity contribution is 7.98. The number of hydrogen-bond acceptors (Lipinski definition) is 4. The minimum Gasteiger partial charge on any atom is -0.496 e. The number of anilines is 1. The van der Waals surface area contributed by atoms with Crippen molar-refractivity contribution in [1.29, 1.82) is 0 Å². The van der Waals surface area contributed by atoms with E-state index in [9.17, 15) is 4.39 Å². The van der Waals surface area contributed by atoms with Crippen LogP contribution in [0.4, 0.5) is 10.1 Å². The molecular formula is C13H13FN2OS. The van der Waals surface area contributed by atoms with Gasteiger partial charge < -0.3 is 10.5 Å². The van der Waals surface area contributed by atoms with E-state index in [0.717, 1.165) is 16.2 Å². The number of rotatable bonds is 4. The number of thioether (sulfide) groups is 1. The molecular weight excluding hydrogens is 251 g/mol. The molecule has 3 nitrogen and oxygen atoms in total. The highest BCUT2D eigenvalue weighted by Gasteiger charge is 2.05. The Morgan fingerprint density at radius 3 is 2.89 bits per heavy atom. The number of nitrogen functional groups attached to an aromatic ring is 1. The number of benzene rings is 1. The summed E-state index contributed by atoms with van der Waals surface area (Å²) in [5.41, 5.74) is 7.17. The lowest BCUT2D eigenvalue weighted by atomic mass is 10.3. The fourth-order valence-electron chi connectivity index (χ4n) is 1.50. The molecule has 2 aromatic rings. The summed E-state index contributed by atoms with van der Waals surface area (Å²) >= 11 is 1.55. The fourth-order valence-corrected chi connectivity index (χ4v) is 2.43. The largest absolute Gasteiger partial charge is 0.496 e. The Morgan fingerprint density at radius 2 is 2.17 bits per heavy atom. The van der Waals surface area contributed by atoms with Gasteiger partial charge in [-0.15, -0.1) is 11.8 Å². The molecule has 18 heavy (non-hydrogen) atoms. The summed E-state index contributed by atoms with van der Waals surface area (Å²) in [6.07, 6.45) is 2.85. The number of pyridine rings is 1. The lowest BCUT2D eigenvalue weighted by Crippen LogP contribution is -1.91. The topological polar surface area (TPSA) is 48.1 Å². The maximum absolute atomic E-state index is 13.0. The fraction of sp³-hybridized carbons (Fsp3) is 0.154. The molecule has 94 valence electrons. The molecule has 0 aliphatic heterocycles. The van der Waals surface area contributed by atoms with Crippen LogP contribution < -0.4 is 10.5 Å². The third-order valence-corrected chi connectivity index (χ3v) is 3.47.